The Kier molecular flexibility index (Phi) is 3.97. The predicted molar refractivity (Wildman–Crippen MR) is 87.6 cm³/mol. The van der Waals surface area contributed by atoms with Crippen molar-refractivity contribution in [3.63, 3.8) is 0 Å². The summed E-state index contributed by atoms with van der Waals surface area (Å²) in [6.45, 7) is 12.8. The van der Waals surface area contributed by atoms with Gasteiger partial charge in [0.15, 0.2) is 0 Å². The van der Waals surface area contributed by atoms with Gasteiger partial charge in [-0.2, -0.15) is 0 Å². The van der Waals surface area contributed by atoms with E-state index in [0.29, 0.717) is 5.41 Å². The summed E-state index contributed by atoms with van der Waals surface area (Å²) < 4.78 is 0. The van der Waals surface area contributed by atoms with Crippen molar-refractivity contribution in [3.8, 4) is 0 Å². The Morgan fingerprint density at radius 3 is 2.35 bits per heavy atom. The fourth-order valence-corrected chi connectivity index (χ4v) is 6.84. The predicted octanol–water partition coefficient (Wildman–Crippen LogP) is 6.16. The maximum absolute atomic E-state index is 2.65. The Hall–Kier alpha value is 0. The molecule has 0 aromatic rings. The summed E-state index contributed by atoms with van der Waals surface area (Å²) in [5, 5.41) is 0. The average Bonchev–Trinajstić information content (AvgIpc) is 2.37. The van der Waals surface area contributed by atoms with E-state index < -0.39 is 0 Å². The Morgan fingerprint density at radius 1 is 0.900 bits per heavy atom. The molecule has 0 heterocycles. The van der Waals surface area contributed by atoms with Gasteiger partial charge in [0.05, 0.1) is 0 Å². The highest BCUT2D eigenvalue weighted by Gasteiger charge is 2.54. The van der Waals surface area contributed by atoms with E-state index >= 15 is 0 Å². The highest BCUT2D eigenvalue weighted by Crippen LogP contribution is 2.62. The van der Waals surface area contributed by atoms with E-state index in [9.17, 15) is 0 Å². The molecular formula is C20H36. The minimum Gasteiger partial charge on any atom is -0.0625 e. The SMILES string of the molecule is CC(C)C1CCC(C)C2CCC3(C)CCCC(C)C3C12. The zero-order valence-corrected chi connectivity index (χ0v) is 14.5. The number of hydrogen-bond donors (Lipinski definition) is 0. The maximum Gasteiger partial charge on any atom is -0.0292 e. The second-order valence-electron chi connectivity index (χ2n) is 9.29. The summed E-state index contributed by atoms with van der Waals surface area (Å²) >= 11 is 0. The van der Waals surface area contributed by atoms with Gasteiger partial charge in [0.25, 0.3) is 0 Å². The van der Waals surface area contributed by atoms with E-state index in [1.54, 1.807) is 0 Å². The smallest absolute Gasteiger partial charge is 0.0292 e. The molecule has 3 rings (SSSR count). The summed E-state index contributed by atoms with van der Waals surface area (Å²) in [6.07, 6.45) is 10.6. The molecule has 0 N–H and O–H groups in total. The van der Waals surface area contributed by atoms with Crippen LogP contribution in [0.1, 0.15) is 79.6 Å². The highest BCUT2D eigenvalue weighted by atomic mass is 14.6. The van der Waals surface area contributed by atoms with E-state index in [0.717, 1.165) is 41.4 Å². The van der Waals surface area contributed by atoms with Crippen LogP contribution in [0.15, 0.2) is 0 Å². The normalized spacial score (nSPS) is 52.5. The standard InChI is InChI=1S/C20H36/c1-13(2)16-9-8-14(3)17-10-12-20(5)11-6-7-15(4)19(20)18(16)17/h13-19H,6-12H2,1-5H3. The van der Waals surface area contributed by atoms with E-state index in [1.807, 2.05) is 0 Å². The van der Waals surface area contributed by atoms with Gasteiger partial charge in [0, 0.05) is 0 Å². The lowest BCUT2D eigenvalue weighted by molar-refractivity contribution is -0.113. The number of rotatable bonds is 1. The van der Waals surface area contributed by atoms with Gasteiger partial charge in [-0.1, -0.05) is 53.9 Å². The van der Waals surface area contributed by atoms with Crippen LogP contribution < -0.4 is 0 Å². The lowest BCUT2D eigenvalue weighted by Gasteiger charge is -2.60. The molecule has 7 unspecified atom stereocenters. The van der Waals surface area contributed by atoms with Gasteiger partial charge in [-0.3, -0.25) is 0 Å². The molecule has 3 saturated carbocycles. The average molecular weight is 277 g/mol. The molecule has 3 aliphatic carbocycles. The molecule has 0 aromatic carbocycles. The lowest BCUT2D eigenvalue weighted by atomic mass is 9.45. The summed E-state index contributed by atoms with van der Waals surface area (Å²) in [5.74, 6) is 7.02. The molecule has 116 valence electrons. The first kappa shape index (κ1) is 14.9. The zero-order chi connectivity index (χ0) is 14.5. The van der Waals surface area contributed by atoms with Crippen LogP contribution in [0, 0.1) is 46.8 Å². The minimum absolute atomic E-state index is 0.684. The van der Waals surface area contributed by atoms with Crippen molar-refractivity contribution in [1.29, 1.82) is 0 Å². The largest absolute Gasteiger partial charge is 0.0625 e. The molecule has 3 aliphatic rings. The van der Waals surface area contributed by atoms with Crippen molar-refractivity contribution < 1.29 is 0 Å². The van der Waals surface area contributed by atoms with Gasteiger partial charge < -0.3 is 0 Å². The molecule has 3 fully saturated rings. The fraction of sp³-hybridized carbons (Fsp3) is 1.00. The molecule has 0 bridgehead atoms. The second-order valence-corrected chi connectivity index (χ2v) is 9.29. The Bertz CT molecular complexity index is 342. The minimum atomic E-state index is 0.684. The number of hydrogen-bond acceptors (Lipinski definition) is 0. The van der Waals surface area contributed by atoms with Crippen LogP contribution in [0.4, 0.5) is 0 Å². The lowest BCUT2D eigenvalue weighted by Crippen LogP contribution is -2.53. The first-order chi connectivity index (χ1) is 9.44. The van der Waals surface area contributed by atoms with E-state index in [-0.39, 0.29) is 0 Å². The third-order valence-electron chi connectivity index (χ3n) is 7.82. The molecule has 7 atom stereocenters. The summed E-state index contributed by atoms with van der Waals surface area (Å²) in [5.41, 5.74) is 0.684. The van der Waals surface area contributed by atoms with Crippen LogP contribution in [0.5, 0.6) is 0 Å². The topological polar surface area (TPSA) is 0 Å². The van der Waals surface area contributed by atoms with Crippen LogP contribution in [0.25, 0.3) is 0 Å². The van der Waals surface area contributed by atoms with Crippen molar-refractivity contribution in [2.24, 2.45) is 46.8 Å². The Balaban J connectivity index is 1.95. The van der Waals surface area contributed by atoms with E-state index in [2.05, 4.69) is 34.6 Å². The molecule has 0 heteroatoms. The monoisotopic (exact) mass is 276 g/mol. The van der Waals surface area contributed by atoms with Crippen LogP contribution in [-0.4, -0.2) is 0 Å². The summed E-state index contributed by atoms with van der Waals surface area (Å²) in [4.78, 5) is 0. The van der Waals surface area contributed by atoms with Crippen molar-refractivity contribution in [3.05, 3.63) is 0 Å². The van der Waals surface area contributed by atoms with Crippen LogP contribution in [-0.2, 0) is 0 Å². The molecule has 0 saturated heterocycles. The summed E-state index contributed by atoms with van der Waals surface area (Å²) in [6, 6.07) is 0. The zero-order valence-electron chi connectivity index (χ0n) is 14.5. The van der Waals surface area contributed by atoms with Gasteiger partial charge >= 0.3 is 0 Å². The third kappa shape index (κ3) is 2.26. The van der Waals surface area contributed by atoms with Gasteiger partial charge in [0.1, 0.15) is 0 Å². The molecular weight excluding hydrogens is 240 g/mol. The van der Waals surface area contributed by atoms with Gasteiger partial charge in [0.2, 0.25) is 0 Å². The molecule has 0 radical (unpaired) electrons. The fourth-order valence-electron chi connectivity index (χ4n) is 6.84. The Labute approximate surface area is 127 Å². The van der Waals surface area contributed by atoms with Crippen LogP contribution in [0.3, 0.4) is 0 Å². The third-order valence-corrected chi connectivity index (χ3v) is 7.82. The quantitative estimate of drug-likeness (QED) is 0.538. The summed E-state index contributed by atoms with van der Waals surface area (Å²) in [7, 11) is 0. The van der Waals surface area contributed by atoms with Crippen molar-refractivity contribution in [2.75, 3.05) is 0 Å². The molecule has 0 spiro atoms. The molecule has 20 heavy (non-hydrogen) atoms. The van der Waals surface area contributed by atoms with Crippen LogP contribution >= 0.6 is 0 Å². The molecule has 0 amide bonds. The second kappa shape index (κ2) is 5.33. The first-order valence-electron chi connectivity index (χ1n) is 9.44. The van der Waals surface area contributed by atoms with Crippen LogP contribution in [0.2, 0.25) is 0 Å². The van der Waals surface area contributed by atoms with Gasteiger partial charge in [-0.05, 0) is 72.5 Å². The van der Waals surface area contributed by atoms with Crippen molar-refractivity contribution >= 4 is 0 Å². The van der Waals surface area contributed by atoms with Crippen molar-refractivity contribution in [2.45, 2.75) is 79.6 Å². The van der Waals surface area contributed by atoms with Gasteiger partial charge in [-0.15, -0.1) is 0 Å². The van der Waals surface area contributed by atoms with Gasteiger partial charge in [-0.25, -0.2) is 0 Å². The maximum atomic E-state index is 2.65. The molecule has 0 aliphatic heterocycles. The first-order valence-corrected chi connectivity index (χ1v) is 9.44. The number of fused-ring (bicyclic) bond motifs is 3. The van der Waals surface area contributed by atoms with E-state index in [4.69, 9.17) is 0 Å². The molecule has 0 aromatic heterocycles. The Morgan fingerprint density at radius 2 is 1.65 bits per heavy atom. The molecule has 0 nitrogen and oxygen atoms in total. The van der Waals surface area contributed by atoms with E-state index in [1.165, 1.54) is 44.9 Å². The highest BCUT2D eigenvalue weighted by molar-refractivity contribution is 5.03. The van der Waals surface area contributed by atoms with Crippen molar-refractivity contribution in [1.82, 2.24) is 0 Å².